The first-order valence-corrected chi connectivity index (χ1v) is 7.88. The van der Waals surface area contributed by atoms with E-state index >= 15 is 0 Å². The van der Waals surface area contributed by atoms with Crippen LogP contribution in [0.25, 0.3) is 0 Å². The Morgan fingerprint density at radius 3 is 2.79 bits per heavy atom. The maximum Gasteiger partial charge on any atom is 0.245 e. The topological polar surface area (TPSA) is 63.4 Å². The average molecular weight is 286 g/mol. The first-order chi connectivity index (χ1) is 8.95. The van der Waals surface area contributed by atoms with E-state index in [2.05, 4.69) is 0 Å². The molecule has 1 aliphatic heterocycles. The molecule has 1 atom stereocenters. The van der Waals surface area contributed by atoms with Gasteiger partial charge in [0.2, 0.25) is 10.0 Å². The lowest BCUT2D eigenvalue weighted by Gasteiger charge is -2.30. The van der Waals surface area contributed by atoms with Crippen LogP contribution in [-0.4, -0.2) is 25.8 Å². The fraction of sp³-hybridized carbons (Fsp3) is 0.538. The molecule has 1 fully saturated rings. The normalized spacial score (nSPS) is 21.5. The minimum atomic E-state index is -3.73. The van der Waals surface area contributed by atoms with Crippen LogP contribution in [-0.2, 0) is 16.6 Å². The van der Waals surface area contributed by atoms with E-state index in [9.17, 15) is 12.8 Å². The number of nitrogens with two attached hydrogens (primary N) is 1. The van der Waals surface area contributed by atoms with Crippen LogP contribution in [0.4, 0.5) is 4.39 Å². The highest BCUT2D eigenvalue weighted by Gasteiger charge is 2.30. The van der Waals surface area contributed by atoms with Crippen LogP contribution in [0.1, 0.15) is 25.3 Å². The molecule has 0 saturated carbocycles. The second-order valence-corrected chi connectivity index (χ2v) is 6.99. The van der Waals surface area contributed by atoms with Gasteiger partial charge >= 0.3 is 0 Å². The van der Waals surface area contributed by atoms with Gasteiger partial charge in [0.15, 0.2) is 0 Å². The van der Waals surface area contributed by atoms with Crippen molar-refractivity contribution in [1.29, 1.82) is 0 Å². The van der Waals surface area contributed by atoms with Crippen molar-refractivity contribution in [1.82, 2.24) is 4.31 Å². The molecule has 2 rings (SSSR count). The van der Waals surface area contributed by atoms with Gasteiger partial charge in [0, 0.05) is 19.6 Å². The van der Waals surface area contributed by atoms with Crippen molar-refractivity contribution in [2.24, 2.45) is 11.7 Å². The molecule has 0 aromatic heterocycles. The summed E-state index contributed by atoms with van der Waals surface area (Å²) in [4.78, 5) is -0.251. The second-order valence-electron chi connectivity index (χ2n) is 5.08. The third kappa shape index (κ3) is 2.96. The van der Waals surface area contributed by atoms with Crippen LogP contribution >= 0.6 is 0 Å². The number of sulfonamides is 1. The van der Waals surface area contributed by atoms with E-state index in [1.165, 1.54) is 16.4 Å². The first-order valence-electron chi connectivity index (χ1n) is 6.44. The zero-order valence-corrected chi connectivity index (χ0v) is 11.8. The van der Waals surface area contributed by atoms with E-state index in [1.807, 2.05) is 6.92 Å². The van der Waals surface area contributed by atoms with Gasteiger partial charge in [-0.3, -0.25) is 0 Å². The van der Waals surface area contributed by atoms with Crippen LogP contribution in [0.2, 0.25) is 0 Å². The molecule has 1 aromatic rings. The Labute approximate surface area is 113 Å². The number of piperidine rings is 1. The standard InChI is InChI=1S/C13H19FN2O2S/c1-10-3-2-6-16(9-10)19(17,18)13-5-4-11(8-15)7-12(13)14/h4-5,7,10H,2-3,6,8-9,15H2,1H3. The number of hydrogen-bond acceptors (Lipinski definition) is 3. The molecule has 19 heavy (non-hydrogen) atoms. The molecule has 1 heterocycles. The summed E-state index contributed by atoms with van der Waals surface area (Å²) in [6.07, 6.45) is 1.84. The molecule has 0 radical (unpaired) electrons. The largest absolute Gasteiger partial charge is 0.326 e. The zero-order valence-electron chi connectivity index (χ0n) is 11.0. The minimum Gasteiger partial charge on any atom is -0.326 e. The van der Waals surface area contributed by atoms with E-state index in [-0.39, 0.29) is 11.4 Å². The summed E-state index contributed by atoms with van der Waals surface area (Å²) in [6.45, 7) is 3.12. The number of hydrogen-bond donors (Lipinski definition) is 1. The molecule has 0 aliphatic carbocycles. The molecule has 1 saturated heterocycles. The summed E-state index contributed by atoms with van der Waals surface area (Å²) in [6, 6.07) is 4.07. The maximum atomic E-state index is 13.9. The van der Waals surface area contributed by atoms with Gasteiger partial charge in [-0.2, -0.15) is 4.31 Å². The van der Waals surface area contributed by atoms with Gasteiger partial charge < -0.3 is 5.73 Å². The second kappa shape index (κ2) is 5.56. The summed E-state index contributed by atoms with van der Waals surface area (Å²) < 4.78 is 40.1. The number of halogens is 1. The van der Waals surface area contributed by atoms with E-state index in [0.29, 0.717) is 24.6 Å². The quantitative estimate of drug-likeness (QED) is 0.920. The van der Waals surface area contributed by atoms with Gasteiger partial charge in [-0.15, -0.1) is 0 Å². The molecule has 0 bridgehead atoms. The monoisotopic (exact) mass is 286 g/mol. The van der Waals surface area contributed by atoms with Crippen molar-refractivity contribution < 1.29 is 12.8 Å². The Bertz CT molecular complexity index is 560. The predicted octanol–water partition coefficient (Wildman–Crippen LogP) is 1.71. The third-order valence-electron chi connectivity index (χ3n) is 3.47. The van der Waals surface area contributed by atoms with E-state index in [0.717, 1.165) is 12.8 Å². The Hall–Kier alpha value is -0.980. The fourth-order valence-corrected chi connectivity index (χ4v) is 4.03. The molecule has 1 aliphatic rings. The molecule has 0 spiro atoms. The molecule has 6 heteroatoms. The zero-order chi connectivity index (χ0) is 14.0. The van der Waals surface area contributed by atoms with E-state index < -0.39 is 15.8 Å². The molecular formula is C13H19FN2O2S. The third-order valence-corrected chi connectivity index (χ3v) is 5.37. The maximum absolute atomic E-state index is 13.9. The Kier molecular flexibility index (Phi) is 4.23. The summed E-state index contributed by atoms with van der Waals surface area (Å²) in [7, 11) is -3.73. The first kappa shape index (κ1) is 14.4. The molecular weight excluding hydrogens is 267 g/mol. The van der Waals surface area contributed by atoms with Gasteiger partial charge in [0.05, 0.1) is 0 Å². The van der Waals surface area contributed by atoms with Gasteiger partial charge in [0.1, 0.15) is 10.7 Å². The molecule has 2 N–H and O–H groups in total. The highest BCUT2D eigenvalue weighted by Crippen LogP contribution is 2.25. The molecule has 0 amide bonds. The lowest BCUT2D eigenvalue weighted by Crippen LogP contribution is -2.39. The van der Waals surface area contributed by atoms with Crippen molar-refractivity contribution in [2.75, 3.05) is 13.1 Å². The summed E-state index contributed by atoms with van der Waals surface area (Å²) >= 11 is 0. The van der Waals surface area contributed by atoms with Gasteiger partial charge in [-0.1, -0.05) is 13.0 Å². The molecule has 106 valence electrons. The molecule has 1 aromatic carbocycles. The fourth-order valence-electron chi connectivity index (χ4n) is 2.38. The molecule has 4 nitrogen and oxygen atoms in total. The molecule has 1 unspecified atom stereocenters. The summed E-state index contributed by atoms with van der Waals surface area (Å²) in [5.74, 6) is -0.406. The van der Waals surface area contributed by atoms with Gasteiger partial charge in [-0.05, 0) is 36.5 Å². The minimum absolute atomic E-state index is 0.192. The summed E-state index contributed by atoms with van der Waals surface area (Å²) in [5.41, 5.74) is 6.00. The van der Waals surface area contributed by atoms with Crippen molar-refractivity contribution in [2.45, 2.75) is 31.2 Å². The van der Waals surface area contributed by atoms with E-state index in [1.54, 1.807) is 6.07 Å². The highest BCUT2D eigenvalue weighted by molar-refractivity contribution is 7.89. The van der Waals surface area contributed by atoms with E-state index in [4.69, 9.17) is 5.73 Å². The van der Waals surface area contributed by atoms with Crippen LogP contribution in [0.15, 0.2) is 23.1 Å². The number of benzene rings is 1. The average Bonchev–Trinajstić information content (AvgIpc) is 2.38. The van der Waals surface area contributed by atoms with Gasteiger partial charge in [0.25, 0.3) is 0 Å². The lowest BCUT2D eigenvalue weighted by molar-refractivity contribution is 0.280. The smallest absolute Gasteiger partial charge is 0.245 e. The number of rotatable bonds is 3. The van der Waals surface area contributed by atoms with Crippen molar-refractivity contribution >= 4 is 10.0 Å². The number of nitrogens with zero attached hydrogens (tertiary/aromatic N) is 1. The lowest BCUT2D eigenvalue weighted by atomic mass is 10.0. The van der Waals surface area contributed by atoms with Crippen LogP contribution in [0, 0.1) is 11.7 Å². The summed E-state index contributed by atoms with van der Waals surface area (Å²) in [5, 5.41) is 0. The van der Waals surface area contributed by atoms with Crippen LogP contribution in [0.3, 0.4) is 0 Å². The van der Waals surface area contributed by atoms with Crippen molar-refractivity contribution in [3.63, 3.8) is 0 Å². The Balaban J connectivity index is 2.33. The van der Waals surface area contributed by atoms with Crippen molar-refractivity contribution in [3.05, 3.63) is 29.6 Å². The Morgan fingerprint density at radius 2 is 2.21 bits per heavy atom. The van der Waals surface area contributed by atoms with Gasteiger partial charge in [-0.25, -0.2) is 12.8 Å². The van der Waals surface area contributed by atoms with Crippen LogP contribution in [0.5, 0.6) is 0 Å². The van der Waals surface area contributed by atoms with Crippen LogP contribution < -0.4 is 5.73 Å². The Morgan fingerprint density at radius 1 is 1.47 bits per heavy atom. The predicted molar refractivity (Wildman–Crippen MR) is 71.4 cm³/mol. The SMILES string of the molecule is CC1CCCN(S(=O)(=O)c2ccc(CN)cc2F)C1. The van der Waals surface area contributed by atoms with Crippen molar-refractivity contribution in [3.8, 4) is 0 Å². The highest BCUT2D eigenvalue weighted by atomic mass is 32.2.